The van der Waals surface area contributed by atoms with Crippen molar-refractivity contribution in [3.63, 3.8) is 0 Å². The van der Waals surface area contributed by atoms with Crippen LogP contribution in [0.3, 0.4) is 0 Å². The molecule has 0 spiro atoms. The number of ketones is 1. The maximum absolute atomic E-state index is 13.5. The number of methoxy groups -OCH3 is 1. The van der Waals surface area contributed by atoms with E-state index in [1.54, 1.807) is 24.3 Å². The third-order valence-electron chi connectivity index (χ3n) is 6.56. The number of hydrogen-bond acceptors (Lipinski definition) is 7. The standard InChI is InChI=1S/C30H29NO7/c1-20(32)26(29(34)37-19-21-12-6-3-7-13-21)24(18-25(33)36-2)31-27(22-14-8-4-9-15-22)28(38-30(31)35)23-16-10-5-11-17-23/h3-17,24,26-28H,18-19H2,1-2H3/t24?,26?,27-,28+/m0/s1. The zero-order valence-electron chi connectivity index (χ0n) is 21.2. The molecule has 1 saturated heterocycles. The van der Waals surface area contributed by atoms with Gasteiger partial charge in [-0.05, 0) is 23.6 Å². The fraction of sp³-hybridized carbons (Fsp3) is 0.267. The quantitative estimate of drug-likeness (QED) is 0.217. The first-order valence-corrected chi connectivity index (χ1v) is 12.3. The number of Topliss-reactive ketones (excluding diaryl/α,β-unsaturated/α-hetero) is 1. The third-order valence-corrected chi connectivity index (χ3v) is 6.56. The molecule has 0 saturated carbocycles. The second kappa shape index (κ2) is 12.2. The molecule has 8 nitrogen and oxygen atoms in total. The largest absolute Gasteiger partial charge is 0.469 e. The van der Waals surface area contributed by atoms with Crippen LogP contribution in [0.5, 0.6) is 0 Å². The number of carbonyl (C=O) groups excluding carboxylic acids is 4. The molecule has 8 heteroatoms. The summed E-state index contributed by atoms with van der Waals surface area (Å²) in [6.07, 6.45) is -1.89. The highest BCUT2D eigenvalue weighted by molar-refractivity contribution is 5.99. The van der Waals surface area contributed by atoms with Crippen LogP contribution in [0.2, 0.25) is 0 Å². The Hall–Kier alpha value is -4.46. The molecule has 2 unspecified atom stereocenters. The predicted molar refractivity (Wildman–Crippen MR) is 138 cm³/mol. The molecule has 3 aromatic rings. The van der Waals surface area contributed by atoms with E-state index in [-0.39, 0.29) is 6.61 Å². The van der Waals surface area contributed by atoms with Crippen molar-refractivity contribution in [2.24, 2.45) is 5.92 Å². The minimum Gasteiger partial charge on any atom is -0.469 e. The van der Waals surface area contributed by atoms with Crippen LogP contribution in [0.25, 0.3) is 0 Å². The van der Waals surface area contributed by atoms with Crippen LogP contribution < -0.4 is 0 Å². The van der Waals surface area contributed by atoms with Crippen LogP contribution in [0.4, 0.5) is 4.79 Å². The van der Waals surface area contributed by atoms with E-state index in [2.05, 4.69) is 0 Å². The van der Waals surface area contributed by atoms with Crippen molar-refractivity contribution < 1.29 is 33.4 Å². The van der Waals surface area contributed by atoms with Crippen LogP contribution in [0.1, 0.15) is 42.2 Å². The molecule has 0 bridgehead atoms. The Labute approximate surface area is 221 Å². The highest BCUT2D eigenvalue weighted by Crippen LogP contribution is 2.45. The van der Waals surface area contributed by atoms with E-state index in [9.17, 15) is 19.2 Å². The second-order valence-corrected chi connectivity index (χ2v) is 9.01. The lowest BCUT2D eigenvalue weighted by molar-refractivity contribution is -0.156. The SMILES string of the molecule is COC(=O)CC(C(C(C)=O)C(=O)OCc1ccccc1)N1C(=O)O[C@H](c2ccccc2)[C@@H]1c1ccccc1. The summed E-state index contributed by atoms with van der Waals surface area (Å²) in [5.41, 5.74) is 2.20. The summed E-state index contributed by atoms with van der Waals surface area (Å²) in [6, 6.07) is 25.5. The molecule has 0 aromatic heterocycles. The van der Waals surface area contributed by atoms with Crippen molar-refractivity contribution in [3.8, 4) is 0 Å². The summed E-state index contributed by atoms with van der Waals surface area (Å²) in [5, 5.41) is 0. The molecule has 4 rings (SSSR count). The molecule has 196 valence electrons. The molecule has 0 radical (unpaired) electrons. The Kier molecular flexibility index (Phi) is 8.53. The summed E-state index contributed by atoms with van der Waals surface area (Å²) in [4.78, 5) is 53.6. The summed E-state index contributed by atoms with van der Waals surface area (Å²) in [7, 11) is 1.21. The van der Waals surface area contributed by atoms with Crippen LogP contribution in [-0.4, -0.2) is 41.9 Å². The number of hydrogen-bond donors (Lipinski definition) is 0. The van der Waals surface area contributed by atoms with Crippen molar-refractivity contribution in [2.45, 2.75) is 38.1 Å². The number of cyclic esters (lactones) is 1. The number of amides is 1. The molecule has 3 aromatic carbocycles. The Morgan fingerprint density at radius 1 is 0.868 bits per heavy atom. The molecule has 0 N–H and O–H groups in total. The van der Waals surface area contributed by atoms with Gasteiger partial charge in [0, 0.05) is 0 Å². The Balaban J connectivity index is 1.75. The normalized spacial score (nSPS) is 18.3. The molecule has 0 aliphatic carbocycles. The first-order valence-electron chi connectivity index (χ1n) is 12.3. The molecular weight excluding hydrogens is 486 g/mol. The zero-order valence-corrected chi connectivity index (χ0v) is 21.2. The predicted octanol–water partition coefficient (Wildman–Crippen LogP) is 4.80. The van der Waals surface area contributed by atoms with Gasteiger partial charge >= 0.3 is 18.0 Å². The number of ether oxygens (including phenoxy) is 3. The lowest BCUT2D eigenvalue weighted by Crippen LogP contribution is -2.49. The fourth-order valence-corrected chi connectivity index (χ4v) is 4.76. The average Bonchev–Trinajstić information content (AvgIpc) is 3.29. The van der Waals surface area contributed by atoms with Gasteiger partial charge in [0.1, 0.15) is 24.3 Å². The van der Waals surface area contributed by atoms with Crippen molar-refractivity contribution >= 4 is 23.8 Å². The Bertz CT molecular complexity index is 1260. The van der Waals surface area contributed by atoms with Crippen molar-refractivity contribution in [2.75, 3.05) is 7.11 Å². The monoisotopic (exact) mass is 515 g/mol. The fourth-order valence-electron chi connectivity index (χ4n) is 4.76. The van der Waals surface area contributed by atoms with Gasteiger partial charge < -0.3 is 14.2 Å². The van der Waals surface area contributed by atoms with Crippen LogP contribution in [0, 0.1) is 5.92 Å². The molecular formula is C30H29NO7. The second-order valence-electron chi connectivity index (χ2n) is 9.01. The van der Waals surface area contributed by atoms with Gasteiger partial charge in [0.2, 0.25) is 0 Å². The van der Waals surface area contributed by atoms with Gasteiger partial charge in [-0.15, -0.1) is 0 Å². The Morgan fingerprint density at radius 3 is 1.97 bits per heavy atom. The number of benzene rings is 3. The van der Waals surface area contributed by atoms with E-state index in [0.717, 1.165) is 16.7 Å². The molecule has 1 heterocycles. The summed E-state index contributed by atoms with van der Waals surface area (Å²) in [6.45, 7) is 1.18. The van der Waals surface area contributed by atoms with E-state index in [4.69, 9.17) is 14.2 Å². The zero-order chi connectivity index (χ0) is 27.1. The van der Waals surface area contributed by atoms with Gasteiger partial charge in [-0.3, -0.25) is 19.3 Å². The molecule has 1 aliphatic rings. The van der Waals surface area contributed by atoms with Crippen LogP contribution >= 0.6 is 0 Å². The lowest BCUT2D eigenvalue weighted by atomic mass is 9.88. The number of rotatable bonds is 10. The van der Waals surface area contributed by atoms with Crippen molar-refractivity contribution in [1.29, 1.82) is 0 Å². The molecule has 1 aliphatic heterocycles. The van der Waals surface area contributed by atoms with Gasteiger partial charge in [0.15, 0.2) is 6.10 Å². The third kappa shape index (κ3) is 5.91. The first kappa shape index (κ1) is 26.6. The molecule has 1 amide bonds. The van der Waals surface area contributed by atoms with Gasteiger partial charge in [-0.25, -0.2) is 4.79 Å². The summed E-state index contributed by atoms with van der Waals surface area (Å²) < 4.78 is 16.2. The minimum atomic E-state index is -1.44. The highest BCUT2D eigenvalue weighted by Gasteiger charge is 2.51. The van der Waals surface area contributed by atoms with Gasteiger partial charge in [-0.1, -0.05) is 91.0 Å². The first-order chi connectivity index (χ1) is 18.4. The van der Waals surface area contributed by atoms with E-state index < -0.39 is 54.3 Å². The minimum absolute atomic E-state index is 0.0619. The Morgan fingerprint density at radius 2 is 1.42 bits per heavy atom. The number of esters is 2. The molecule has 4 atom stereocenters. The van der Waals surface area contributed by atoms with Crippen LogP contribution in [0.15, 0.2) is 91.0 Å². The van der Waals surface area contributed by atoms with E-state index in [1.807, 2.05) is 66.7 Å². The molecule has 38 heavy (non-hydrogen) atoms. The maximum Gasteiger partial charge on any atom is 0.411 e. The van der Waals surface area contributed by atoms with Gasteiger partial charge in [0.05, 0.1) is 19.6 Å². The van der Waals surface area contributed by atoms with E-state index in [1.165, 1.54) is 18.9 Å². The van der Waals surface area contributed by atoms with E-state index in [0.29, 0.717) is 0 Å². The maximum atomic E-state index is 13.5. The smallest absolute Gasteiger partial charge is 0.411 e. The van der Waals surface area contributed by atoms with E-state index >= 15 is 0 Å². The summed E-state index contributed by atoms with van der Waals surface area (Å²) in [5.74, 6) is -3.50. The number of nitrogens with zero attached hydrogens (tertiary/aromatic N) is 1. The average molecular weight is 516 g/mol. The lowest BCUT2D eigenvalue weighted by Gasteiger charge is -2.35. The number of carbonyl (C=O) groups is 4. The van der Waals surface area contributed by atoms with Crippen LogP contribution in [-0.2, 0) is 35.2 Å². The molecule has 1 fully saturated rings. The van der Waals surface area contributed by atoms with Crippen molar-refractivity contribution in [1.82, 2.24) is 4.90 Å². The highest BCUT2D eigenvalue weighted by atomic mass is 16.6. The summed E-state index contributed by atoms with van der Waals surface area (Å²) >= 11 is 0. The van der Waals surface area contributed by atoms with Crippen molar-refractivity contribution in [3.05, 3.63) is 108 Å². The van der Waals surface area contributed by atoms with Gasteiger partial charge in [0.25, 0.3) is 0 Å². The topological polar surface area (TPSA) is 99.2 Å². The van der Waals surface area contributed by atoms with Gasteiger partial charge in [-0.2, -0.15) is 0 Å².